The maximum Gasteiger partial charge on any atom is 0.0540 e. The van der Waals surface area contributed by atoms with Crippen LogP contribution in [0.1, 0.15) is 48.6 Å². The number of nitrogens with zero attached hydrogens (tertiary/aromatic N) is 1. The highest BCUT2D eigenvalue weighted by atomic mass is 15.1. The molecule has 10 aromatic rings. The Balaban J connectivity index is 1.11. The van der Waals surface area contributed by atoms with Crippen molar-refractivity contribution in [3.63, 3.8) is 0 Å². The molecule has 2 aliphatic rings. The van der Waals surface area contributed by atoms with Crippen molar-refractivity contribution in [1.29, 1.82) is 0 Å². The topological polar surface area (TPSA) is 3.24 Å². The summed E-state index contributed by atoms with van der Waals surface area (Å²) < 4.78 is 0. The number of rotatable bonds is 7. The molecule has 0 amide bonds. The van der Waals surface area contributed by atoms with Crippen LogP contribution in [0.2, 0.25) is 0 Å². The summed E-state index contributed by atoms with van der Waals surface area (Å²) in [4.78, 5) is 2.53. The number of para-hydroxylation sites is 2. The van der Waals surface area contributed by atoms with Gasteiger partial charge in [-0.3, -0.25) is 0 Å². The van der Waals surface area contributed by atoms with Crippen molar-refractivity contribution in [3.8, 4) is 55.6 Å². The first-order chi connectivity index (χ1) is 31.4. The molecular weight excluding hydrogens is 771 g/mol. The summed E-state index contributed by atoms with van der Waals surface area (Å²) in [5.74, 6) is 0. The van der Waals surface area contributed by atoms with Gasteiger partial charge in [0.15, 0.2) is 0 Å². The first-order valence-electron chi connectivity index (χ1n) is 22.5. The smallest absolute Gasteiger partial charge is 0.0540 e. The molecule has 0 spiro atoms. The lowest BCUT2D eigenvalue weighted by atomic mass is 9.74. The van der Waals surface area contributed by atoms with E-state index >= 15 is 0 Å². The molecule has 0 aliphatic heterocycles. The van der Waals surface area contributed by atoms with Crippen LogP contribution in [0.15, 0.2) is 231 Å². The second kappa shape index (κ2) is 14.7. The summed E-state index contributed by atoms with van der Waals surface area (Å²) in [6, 6.07) is 85.6. The van der Waals surface area contributed by atoms with Gasteiger partial charge in [0.2, 0.25) is 0 Å². The minimum absolute atomic E-state index is 0.163. The number of hydrogen-bond donors (Lipinski definition) is 0. The lowest BCUT2D eigenvalue weighted by Crippen LogP contribution is -2.22. The third-order valence-corrected chi connectivity index (χ3v) is 14.4. The Hall–Kier alpha value is -7.74. The van der Waals surface area contributed by atoms with E-state index < -0.39 is 0 Å². The van der Waals surface area contributed by atoms with Crippen LogP contribution in [-0.4, -0.2) is 0 Å². The predicted octanol–water partition coefficient (Wildman–Crippen LogP) is 17.0. The van der Waals surface area contributed by atoms with E-state index in [1.807, 2.05) is 0 Å². The van der Waals surface area contributed by atoms with Crippen LogP contribution in [0.25, 0.3) is 66.4 Å². The zero-order chi connectivity index (χ0) is 43.0. The van der Waals surface area contributed by atoms with Gasteiger partial charge in [-0.1, -0.05) is 214 Å². The molecule has 0 heterocycles. The lowest BCUT2D eigenvalue weighted by Gasteiger charge is -2.32. The molecule has 0 fully saturated rings. The Labute approximate surface area is 376 Å². The molecule has 1 atom stereocenters. The zero-order valence-corrected chi connectivity index (χ0v) is 36.4. The summed E-state index contributed by atoms with van der Waals surface area (Å²) in [7, 11) is 0. The van der Waals surface area contributed by atoms with Crippen LogP contribution in [-0.2, 0) is 10.8 Å². The largest absolute Gasteiger partial charge is 0.309 e. The van der Waals surface area contributed by atoms with Gasteiger partial charge in [-0.15, -0.1) is 0 Å². The number of fused-ring (bicyclic) bond motifs is 7. The van der Waals surface area contributed by atoms with E-state index in [4.69, 9.17) is 0 Å². The Kier molecular flexibility index (Phi) is 8.71. The minimum Gasteiger partial charge on any atom is -0.309 e. The van der Waals surface area contributed by atoms with Crippen LogP contribution in [0, 0.1) is 0 Å². The van der Waals surface area contributed by atoms with Crippen molar-refractivity contribution < 1.29 is 0 Å². The first kappa shape index (κ1) is 38.0. The van der Waals surface area contributed by atoms with Crippen molar-refractivity contribution in [3.05, 3.63) is 258 Å². The van der Waals surface area contributed by atoms with Gasteiger partial charge >= 0.3 is 0 Å². The quantitative estimate of drug-likeness (QED) is 0.155. The van der Waals surface area contributed by atoms with E-state index in [2.05, 4.69) is 256 Å². The fourth-order valence-electron chi connectivity index (χ4n) is 11.2. The maximum atomic E-state index is 2.53. The van der Waals surface area contributed by atoms with Gasteiger partial charge in [-0.2, -0.15) is 0 Å². The van der Waals surface area contributed by atoms with E-state index in [0.29, 0.717) is 0 Å². The summed E-state index contributed by atoms with van der Waals surface area (Å²) in [6.45, 7) is 7.16. The molecule has 2 aliphatic carbocycles. The first-order valence-corrected chi connectivity index (χ1v) is 22.5. The number of benzene rings is 10. The summed E-state index contributed by atoms with van der Waals surface area (Å²) in [5.41, 5.74) is 22.1. The Morgan fingerprint density at radius 2 is 0.828 bits per heavy atom. The average molecular weight is 818 g/mol. The average Bonchev–Trinajstić information content (AvgIpc) is 3.75. The SMILES string of the molecule is CC1(C)c2ccccc2-c2ccc(N(c3ccccc3-c3ccc4c(c3)C(C)(c3ccccc3)c3ccccc3-4)c3ccccc3-c3cccc4cccc(-c5ccccc5)c34)cc21. The van der Waals surface area contributed by atoms with Gasteiger partial charge in [-0.25, -0.2) is 0 Å². The summed E-state index contributed by atoms with van der Waals surface area (Å²) in [5, 5.41) is 2.47. The van der Waals surface area contributed by atoms with Crippen molar-refractivity contribution >= 4 is 27.8 Å². The molecule has 64 heavy (non-hydrogen) atoms. The van der Waals surface area contributed by atoms with Crippen LogP contribution < -0.4 is 4.90 Å². The van der Waals surface area contributed by atoms with Crippen molar-refractivity contribution in [2.75, 3.05) is 4.90 Å². The maximum absolute atomic E-state index is 2.53. The van der Waals surface area contributed by atoms with E-state index in [9.17, 15) is 0 Å². The van der Waals surface area contributed by atoms with Gasteiger partial charge in [0.25, 0.3) is 0 Å². The number of hydrogen-bond acceptors (Lipinski definition) is 1. The molecule has 1 nitrogen and oxygen atoms in total. The highest BCUT2D eigenvalue weighted by Gasteiger charge is 2.41. The van der Waals surface area contributed by atoms with Crippen molar-refractivity contribution in [2.24, 2.45) is 0 Å². The van der Waals surface area contributed by atoms with E-state index in [1.165, 1.54) is 94.2 Å². The highest BCUT2D eigenvalue weighted by molar-refractivity contribution is 6.09. The molecule has 0 radical (unpaired) electrons. The van der Waals surface area contributed by atoms with E-state index in [0.717, 1.165) is 17.1 Å². The van der Waals surface area contributed by atoms with Gasteiger partial charge in [-0.05, 0) is 120 Å². The Morgan fingerprint density at radius 1 is 0.312 bits per heavy atom. The van der Waals surface area contributed by atoms with Gasteiger partial charge in [0.1, 0.15) is 0 Å². The molecule has 0 N–H and O–H groups in total. The molecule has 304 valence electrons. The molecule has 10 aromatic carbocycles. The minimum atomic E-state index is -0.310. The third-order valence-electron chi connectivity index (χ3n) is 14.4. The molecule has 1 heteroatoms. The molecule has 0 saturated carbocycles. The van der Waals surface area contributed by atoms with Crippen LogP contribution in [0.3, 0.4) is 0 Å². The number of anilines is 3. The zero-order valence-electron chi connectivity index (χ0n) is 36.4. The van der Waals surface area contributed by atoms with Crippen molar-refractivity contribution in [2.45, 2.75) is 31.6 Å². The van der Waals surface area contributed by atoms with Gasteiger partial charge in [0.05, 0.1) is 11.4 Å². The van der Waals surface area contributed by atoms with E-state index in [-0.39, 0.29) is 10.8 Å². The van der Waals surface area contributed by atoms with E-state index in [1.54, 1.807) is 0 Å². The van der Waals surface area contributed by atoms with Gasteiger partial charge in [0, 0.05) is 27.6 Å². The van der Waals surface area contributed by atoms with Crippen molar-refractivity contribution in [1.82, 2.24) is 0 Å². The molecule has 0 bridgehead atoms. The Bertz CT molecular complexity index is 3430. The van der Waals surface area contributed by atoms with Crippen LogP contribution in [0.4, 0.5) is 17.1 Å². The molecule has 0 aromatic heterocycles. The summed E-state index contributed by atoms with van der Waals surface area (Å²) in [6.07, 6.45) is 0. The molecule has 12 rings (SSSR count). The third kappa shape index (κ3) is 5.70. The molecular formula is C63H47N. The monoisotopic (exact) mass is 817 g/mol. The normalized spacial score (nSPS) is 15.3. The van der Waals surface area contributed by atoms with Crippen LogP contribution in [0.5, 0.6) is 0 Å². The molecule has 0 saturated heterocycles. The van der Waals surface area contributed by atoms with Crippen LogP contribution >= 0.6 is 0 Å². The molecule has 1 unspecified atom stereocenters. The fourth-order valence-corrected chi connectivity index (χ4v) is 11.2. The van der Waals surface area contributed by atoms with Gasteiger partial charge < -0.3 is 4.90 Å². The summed E-state index contributed by atoms with van der Waals surface area (Å²) >= 11 is 0. The second-order valence-corrected chi connectivity index (χ2v) is 18.1. The lowest BCUT2D eigenvalue weighted by molar-refractivity contribution is 0.660. The second-order valence-electron chi connectivity index (χ2n) is 18.1. The fraction of sp³-hybridized carbons (Fsp3) is 0.0794. The highest BCUT2D eigenvalue weighted by Crippen LogP contribution is 2.55. The Morgan fingerprint density at radius 3 is 1.56 bits per heavy atom. The standard InChI is InChI=1S/C63H47N/c1-62(2)55-32-14-10-27-49(55)51-39-37-46(41-57(51)62)64(60-35-17-13-29-53(60)54-31-19-23-43-22-18-30-48(61(43)54)42-20-6-4-7-21-42)59-34-16-12-26-47(59)44-36-38-52-50-28-11-15-33-56(50)63(3,58(52)40-44)45-24-8-5-9-25-45/h4-41H,1-3H3. The predicted molar refractivity (Wildman–Crippen MR) is 270 cm³/mol.